The number of nitrogens with zero attached hydrogens (tertiary/aromatic N) is 3. The number of methoxy groups -OCH3 is 1. The maximum atomic E-state index is 12.2. The maximum Gasteiger partial charge on any atom is 0.223 e. The van der Waals surface area contributed by atoms with Crippen LogP contribution >= 0.6 is 0 Å². The van der Waals surface area contributed by atoms with Crippen molar-refractivity contribution in [2.45, 2.75) is 51.7 Å². The van der Waals surface area contributed by atoms with E-state index in [0.29, 0.717) is 31.7 Å². The van der Waals surface area contributed by atoms with Crippen LogP contribution in [0.3, 0.4) is 0 Å². The third-order valence-corrected chi connectivity index (χ3v) is 5.08. The van der Waals surface area contributed by atoms with Crippen LogP contribution in [-0.2, 0) is 16.1 Å². The van der Waals surface area contributed by atoms with Gasteiger partial charge in [0.1, 0.15) is 5.76 Å². The van der Waals surface area contributed by atoms with E-state index in [1.807, 2.05) is 18.7 Å². The summed E-state index contributed by atoms with van der Waals surface area (Å²) in [5.74, 6) is 1.18. The molecule has 3 heterocycles. The zero-order valence-electron chi connectivity index (χ0n) is 13.7. The molecule has 0 N–H and O–H groups in total. The number of piperidine rings is 1. The average molecular weight is 307 g/mol. The number of hydrogen-bond acceptors (Lipinski definition) is 5. The highest BCUT2D eigenvalue weighted by molar-refractivity contribution is 5.77. The fourth-order valence-corrected chi connectivity index (χ4v) is 3.85. The third-order valence-electron chi connectivity index (χ3n) is 5.08. The lowest BCUT2D eigenvalue weighted by Crippen LogP contribution is -2.53. The van der Waals surface area contributed by atoms with E-state index >= 15 is 0 Å². The number of carbonyl (C=O) groups excluding carboxylic acids is 1. The molecule has 0 saturated carbocycles. The van der Waals surface area contributed by atoms with Crippen molar-refractivity contribution >= 4 is 5.91 Å². The molecule has 6 nitrogen and oxygen atoms in total. The van der Waals surface area contributed by atoms with Gasteiger partial charge in [0.15, 0.2) is 0 Å². The molecule has 0 spiro atoms. The normalized spacial score (nSPS) is 25.8. The number of carbonyl (C=O) groups is 1. The van der Waals surface area contributed by atoms with Gasteiger partial charge in [-0.1, -0.05) is 5.16 Å². The average Bonchev–Trinajstić information content (AvgIpc) is 3.05. The fourth-order valence-electron chi connectivity index (χ4n) is 3.85. The largest absolute Gasteiger partial charge is 0.383 e. The minimum Gasteiger partial charge on any atom is -0.383 e. The highest BCUT2D eigenvalue weighted by Crippen LogP contribution is 2.33. The van der Waals surface area contributed by atoms with Crippen LogP contribution in [0.2, 0.25) is 0 Å². The van der Waals surface area contributed by atoms with Gasteiger partial charge < -0.3 is 14.2 Å². The number of aryl methyl sites for hydroxylation is 2. The summed E-state index contributed by atoms with van der Waals surface area (Å²) in [7, 11) is 1.68. The van der Waals surface area contributed by atoms with Crippen molar-refractivity contribution in [1.82, 2.24) is 15.0 Å². The molecule has 0 aromatic carbocycles. The number of hydrogen-bond donors (Lipinski definition) is 0. The van der Waals surface area contributed by atoms with Crippen molar-refractivity contribution in [2.24, 2.45) is 0 Å². The first kappa shape index (κ1) is 15.5. The minimum absolute atomic E-state index is 0.275. The van der Waals surface area contributed by atoms with Crippen molar-refractivity contribution in [3.8, 4) is 0 Å². The number of likely N-dealkylation sites (tertiary alicyclic amines) is 2. The van der Waals surface area contributed by atoms with Gasteiger partial charge >= 0.3 is 0 Å². The molecule has 3 rings (SSSR count). The number of amides is 1. The molecule has 0 radical (unpaired) electrons. The molecule has 0 aliphatic carbocycles. The molecule has 2 fully saturated rings. The Morgan fingerprint density at radius 1 is 1.32 bits per heavy atom. The number of aromatic nitrogens is 1. The van der Waals surface area contributed by atoms with Crippen molar-refractivity contribution in [3.05, 3.63) is 17.0 Å². The first-order valence-electron chi connectivity index (χ1n) is 8.06. The first-order chi connectivity index (χ1) is 10.6. The van der Waals surface area contributed by atoms with E-state index in [2.05, 4.69) is 10.1 Å². The molecular weight excluding hydrogens is 282 g/mol. The van der Waals surface area contributed by atoms with E-state index in [1.165, 1.54) is 5.56 Å². The SMILES string of the molecule is COCCN1C(=O)CC[C@@H]2[C@@H]1CCN2Cc1c(C)noc1C. The topological polar surface area (TPSA) is 58.8 Å². The van der Waals surface area contributed by atoms with Crippen LogP contribution in [0.4, 0.5) is 0 Å². The quantitative estimate of drug-likeness (QED) is 0.825. The highest BCUT2D eigenvalue weighted by atomic mass is 16.5. The number of ether oxygens (including phenoxy) is 1. The zero-order valence-corrected chi connectivity index (χ0v) is 13.7. The predicted octanol–water partition coefficient (Wildman–Crippen LogP) is 1.50. The van der Waals surface area contributed by atoms with E-state index in [4.69, 9.17) is 9.26 Å². The van der Waals surface area contributed by atoms with E-state index in [0.717, 1.165) is 37.4 Å². The van der Waals surface area contributed by atoms with E-state index in [1.54, 1.807) is 7.11 Å². The lowest BCUT2D eigenvalue weighted by molar-refractivity contribution is -0.138. The second-order valence-corrected chi connectivity index (χ2v) is 6.32. The maximum absolute atomic E-state index is 12.2. The van der Waals surface area contributed by atoms with Gasteiger partial charge in [-0.25, -0.2) is 0 Å². The summed E-state index contributed by atoms with van der Waals surface area (Å²) >= 11 is 0. The van der Waals surface area contributed by atoms with Crippen molar-refractivity contribution in [3.63, 3.8) is 0 Å². The Labute approximate surface area is 131 Å². The molecule has 2 saturated heterocycles. The molecule has 1 aromatic rings. The van der Waals surface area contributed by atoms with Gasteiger partial charge in [0.05, 0.1) is 12.3 Å². The van der Waals surface area contributed by atoms with Gasteiger partial charge in [-0.3, -0.25) is 9.69 Å². The van der Waals surface area contributed by atoms with Crippen molar-refractivity contribution in [2.75, 3.05) is 26.8 Å². The van der Waals surface area contributed by atoms with Gasteiger partial charge in [0.25, 0.3) is 0 Å². The monoisotopic (exact) mass is 307 g/mol. The summed E-state index contributed by atoms with van der Waals surface area (Å²) in [6.45, 7) is 7.17. The Hall–Kier alpha value is -1.40. The molecule has 2 aliphatic heterocycles. The minimum atomic E-state index is 0.275. The van der Waals surface area contributed by atoms with Crippen LogP contribution < -0.4 is 0 Å². The van der Waals surface area contributed by atoms with E-state index in [-0.39, 0.29) is 5.91 Å². The molecule has 0 unspecified atom stereocenters. The summed E-state index contributed by atoms with van der Waals surface area (Å²) < 4.78 is 10.4. The Bertz CT molecular complexity index is 523. The van der Waals surface area contributed by atoms with Crippen LogP contribution in [0.1, 0.15) is 36.3 Å². The second-order valence-electron chi connectivity index (χ2n) is 6.32. The van der Waals surface area contributed by atoms with Gasteiger partial charge in [-0.2, -0.15) is 0 Å². The highest BCUT2D eigenvalue weighted by Gasteiger charge is 2.43. The first-order valence-corrected chi connectivity index (χ1v) is 8.06. The summed E-state index contributed by atoms with van der Waals surface area (Å²) in [4.78, 5) is 16.7. The molecule has 2 atom stereocenters. The Balaban J connectivity index is 1.71. The molecule has 22 heavy (non-hydrogen) atoms. The summed E-state index contributed by atoms with van der Waals surface area (Å²) in [6, 6.07) is 0.778. The van der Waals surface area contributed by atoms with E-state index < -0.39 is 0 Å². The van der Waals surface area contributed by atoms with Gasteiger partial charge in [-0.15, -0.1) is 0 Å². The Morgan fingerprint density at radius 3 is 2.82 bits per heavy atom. The Morgan fingerprint density at radius 2 is 2.14 bits per heavy atom. The molecular formula is C16H25N3O3. The van der Waals surface area contributed by atoms with Crippen molar-refractivity contribution in [1.29, 1.82) is 0 Å². The summed E-state index contributed by atoms with van der Waals surface area (Å²) in [6.07, 6.45) is 2.64. The van der Waals surface area contributed by atoms with Crippen LogP contribution in [0.25, 0.3) is 0 Å². The third kappa shape index (κ3) is 2.77. The summed E-state index contributed by atoms with van der Waals surface area (Å²) in [5, 5.41) is 4.05. The molecule has 1 amide bonds. The fraction of sp³-hybridized carbons (Fsp3) is 0.750. The number of fused-ring (bicyclic) bond motifs is 1. The lowest BCUT2D eigenvalue weighted by atomic mass is 9.96. The molecule has 122 valence electrons. The predicted molar refractivity (Wildman–Crippen MR) is 81.4 cm³/mol. The lowest BCUT2D eigenvalue weighted by Gasteiger charge is -2.39. The van der Waals surface area contributed by atoms with Crippen LogP contribution in [0, 0.1) is 13.8 Å². The van der Waals surface area contributed by atoms with Crippen LogP contribution in [0.15, 0.2) is 4.52 Å². The van der Waals surface area contributed by atoms with Crippen LogP contribution in [0.5, 0.6) is 0 Å². The van der Waals surface area contributed by atoms with Gasteiger partial charge in [0.2, 0.25) is 5.91 Å². The zero-order chi connectivity index (χ0) is 15.7. The van der Waals surface area contributed by atoms with Crippen molar-refractivity contribution < 1.29 is 14.1 Å². The smallest absolute Gasteiger partial charge is 0.223 e. The molecule has 2 aliphatic rings. The van der Waals surface area contributed by atoms with Gasteiger partial charge in [0, 0.05) is 50.8 Å². The number of rotatable bonds is 5. The Kier molecular flexibility index (Phi) is 4.49. The van der Waals surface area contributed by atoms with E-state index in [9.17, 15) is 4.79 Å². The summed E-state index contributed by atoms with van der Waals surface area (Å²) in [5.41, 5.74) is 2.17. The molecule has 1 aromatic heterocycles. The molecule has 0 bridgehead atoms. The molecule has 6 heteroatoms. The van der Waals surface area contributed by atoms with Crippen LogP contribution in [-0.4, -0.2) is 59.8 Å². The van der Waals surface area contributed by atoms with Gasteiger partial charge in [-0.05, 0) is 26.7 Å². The standard InChI is InChI=1S/C16H25N3O3/c1-11-13(12(2)22-17-11)10-18-7-6-15-14(18)4-5-16(20)19(15)8-9-21-3/h14-15H,4-10H2,1-3H3/t14-,15+/m1/s1. The second kappa shape index (κ2) is 6.38.